The molecule has 0 bridgehead atoms. The summed E-state index contributed by atoms with van der Waals surface area (Å²) in [6.45, 7) is 9.67. The van der Waals surface area contributed by atoms with E-state index in [4.69, 9.17) is 9.47 Å². The van der Waals surface area contributed by atoms with E-state index in [1.165, 1.54) is 6.08 Å². The number of hydrogen-bond acceptors (Lipinski definition) is 4. The quantitative estimate of drug-likeness (QED) is 0.647. The zero-order chi connectivity index (χ0) is 17.5. The van der Waals surface area contributed by atoms with Gasteiger partial charge in [-0.15, -0.1) is 0 Å². The van der Waals surface area contributed by atoms with Crippen LogP contribution in [0.4, 0.5) is 0 Å². The van der Waals surface area contributed by atoms with Crippen LogP contribution in [0.5, 0.6) is 5.75 Å². The van der Waals surface area contributed by atoms with E-state index in [1.807, 2.05) is 52.0 Å². The smallest absolute Gasteiger partial charge is 0.331 e. The van der Waals surface area contributed by atoms with Crippen LogP contribution in [-0.4, -0.2) is 30.1 Å². The Kier molecular flexibility index (Phi) is 6.82. The maximum Gasteiger partial charge on any atom is 0.331 e. The zero-order valence-corrected chi connectivity index (χ0v) is 14.4. The second kappa shape index (κ2) is 8.36. The molecule has 0 aromatic heterocycles. The monoisotopic (exact) mass is 319 g/mol. The van der Waals surface area contributed by atoms with Gasteiger partial charge >= 0.3 is 5.97 Å². The highest BCUT2D eigenvalue weighted by molar-refractivity contribution is 5.90. The molecule has 0 fully saturated rings. The lowest BCUT2D eigenvalue weighted by molar-refractivity contribution is -0.150. The molecule has 23 heavy (non-hydrogen) atoms. The Morgan fingerprint density at radius 1 is 1.22 bits per heavy atom. The van der Waals surface area contributed by atoms with Crippen LogP contribution >= 0.6 is 0 Å². The number of ether oxygens (including phenoxy) is 2. The molecule has 1 aromatic rings. The number of benzene rings is 1. The summed E-state index contributed by atoms with van der Waals surface area (Å²) in [6.07, 6.45) is 2.09. The number of carbonyl (C=O) groups excluding carboxylic acids is 2. The number of esters is 1. The molecule has 126 valence electrons. The summed E-state index contributed by atoms with van der Waals surface area (Å²) in [7, 11) is 0. The van der Waals surface area contributed by atoms with Gasteiger partial charge in [-0.1, -0.05) is 12.1 Å². The van der Waals surface area contributed by atoms with E-state index < -0.39 is 12.1 Å². The fraction of sp³-hybridized carbons (Fsp3) is 0.444. The van der Waals surface area contributed by atoms with Crippen molar-refractivity contribution in [2.75, 3.05) is 6.61 Å². The van der Waals surface area contributed by atoms with Gasteiger partial charge in [-0.25, -0.2) is 4.79 Å². The molecule has 0 heterocycles. The summed E-state index contributed by atoms with van der Waals surface area (Å²) < 4.78 is 10.4. The van der Waals surface area contributed by atoms with Gasteiger partial charge < -0.3 is 14.8 Å². The second-order valence-corrected chi connectivity index (χ2v) is 6.15. The minimum Gasteiger partial charge on any atom is -0.494 e. The van der Waals surface area contributed by atoms with Gasteiger partial charge in [0.15, 0.2) is 6.10 Å². The minimum absolute atomic E-state index is 0.319. The normalized spacial score (nSPS) is 12.7. The fourth-order valence-electron chi connectivity index (χ4n) is 1.74. The van der Waals surface area contributed by atoms with E-state index in [0.717, 1.165) is 11.3 Å². The van der Waals surface area contributed by atoms with E-state index in [1.54, 1.807) is 13.0 Å². The molecular formula is C18H25NO4. The van der Waals surface area contributed by atoms with E-state index in [2.05, 4.69) is 5.32 Å². The van der Waals surface area contributed by atoms with Gasteiger partial charge in [0.2, 0.25) is 0 Å². The third kappa shape index (κ3) is 7.49. The summed E-state index contributed by atoms with van der Waals surface area (Å²) in [5.41, 5.74) is 0.479. The van der Waals surface area contributed by atoms with Crippen molar-refractivity contribution in [2.45, 2.75) is 46.3 Å². The van der Waals surface area contributed by atoms with Gasteiger partial charge in [0, 0.05) is 11.6 Å². The number of hydrogen-bond donors (Lipinski definition) is 1. The highest BCUT2D eigenvalue weighted by Gasteiger charge is 2.21. The summed E-state index contributed by atoms with van der Waals surface area (Å²) in [6, 6.07) is 7.33. The molecule has 0 spiro atoms. The summed E-state index contributed by atoms with van der Waals surface area (Å²) in [5, 5.41) is 2.76. The average molecular weight is 319 g/mol. The van der Waals surface area contributed by atoms with Crippen molar-refractivity contribution < 1.29 is 19.1 Å². The lowest BCUT2D eigenvalue weighted by atomic mass is 10.1. The van der Waals surface area contributed by atoms with Crippen molar-refractivity contribution in [2.24, 2.45) is 0 Å². The van der Waals surface area contributed by atoms with Crippen molar-refractivity contribution in [1.82, 2.24) is 5.32 Å². The molecule has 1 amide bonds. The van der Waals surface area contributed by atoms with Crippen LogP contribution in [0.1, 0.15) is 40.2 Å². The van der Waals surface area contributed by atoms with Gasteiger partial charge in [0.05, 0.1) is 6.61 Å². The van der Waals surface area contributed by atoms with Gasteiger partial charge in [-0.3, -0.25) is 4.79 Å². The van der Waals surface area contributed by atoms with E-state index in [0.29, 0.717) is 6.61 Å². The Balaban J connectivity index is 2.53. The first-order valence-corrected chi connectivity index (χ1v) is 7.65. The van der Waals surface area contributed by atoms with Crippen molar-refractivity contribution in [3.8, 4) is 5.75 Å². The summed E-state index contributed by atoms with van der Waals surface area (Å²) in [5.74, 6) is -0.101. The Hall–Kier alpha value is -2.30. The number of amides is 1. The van der Waals surface area contributed by atoms with E-state index in [9.17, 15) is 9.59 Å². The van der Waals surface area contributed by atoms with Crippen molar-refractivity contribution in [3.63, 3.8) is 0 Å². The molecule has 5 heteroatoms. The third-order valence-electron chi connectivity index (χ3n) is 2.76. The first kappa shape index (κ1) is 18.7. The lowest BCUT2D eigenvalue weighted by Crippen LogP contribution is -2.46. The van der Waals surface area contributed by atoms with Gasteiger partial charge in [0.25, 0.3) is 5.91 Å². The third-order valence-corrected chi connectivity index (χ3v) is 2.76. The van der Waals surface area contributed by atoms with Crippen LogP contribution in [0.2, 0.25) is 0 Å². The Labute approximate surface area is 137 Å². The Morgan fingerprint density at radius 3 is 2.35 bits per heavy atom. The standard InChI is InChI=1S/C18H25NO4/c1-6-22-15-10-7-14(8-11-15)9-12-16(20)23-13(2)17(21)19-18(3,4)5/h7-13H,6H2,1-5H3,(H,19,21)/b12-9+/t13-/m1/s1. The number of nitrogens with one attached hydrogen (secondary N) is 1. The molecule has 0 saturated carbocycles. The number of carbonyl (C=O) groups is 2. The zero-order valence-electron chi connectivity index (χ0n) is 14.4. The first-order valence-electron chi connectivity index (χ1n) is 7.65. The van der Waals surface area contributed by atoms with Crippen LogP contribution in [0.25, 0.3) is 6.08 Å². The molecule has 1 atom stereocenters. The van der Waals surface area contributed by atoms with Crippen LogP contribution in [0.15, 0.2) is 30.3 Å². The van der Waals surface area contributed by atoms with Crippen molar-refractivity contribution >= 4 is 18.0 Å². The molecule has 0 aliphatic rings. The lowest BCUT2D eigenvalue weighted by Gasteiger charge is -2.22. The number of rotatable bonds is 6. The summed E-state index contributed by atoms with van der Waals surface area (Å²) in [4.78, 5) is 23.6. The van der Waals surface area contributed by atoms with Gasteiger partial charge in [0.1, 0.15) is 5.75 Å². The predicted octanol–water partition coefficient (Wildman–Crippen LogP) is 2.94. The maximum absolute atomic E-state index is 11.8. The molecule has 1 aromatic carbocycles. The molecule has 0 unspecified atom stereocenters. The van der Waals surface area contributed by atoms with Crippen LogP contribution < -0.4 is 10.1 Å². The van der Waals surface area contributed by atoms with Crippen LogP contribution in [-0.2, 0) is 14.3 Å². The average Bonchev–Trinajstić information content (AvgIpc) is 2.45. The van der Waals surface area contributed by atoms with Crippen molar-refractivity contribution in [3.05, 3.63) is 35.9 Å². The largest absolute Gasteiger partial charge is 0.494 e. The molecule has 0 aliphatic carbocycles. The van der Waals surface area contributed by atoms with E-state index >= 15 is 0 Å². The molecule has 1 N–H and O–H groups in total. The SMILES string of the molecule is CCOc1ccc(/C=C/C(=O)O[C@H](C)C(=O)NC(C)(C)C)cc1. The minimum atomic E-state index is -0.841. The molecule has 0 radical (unpaired) electrons. The molecule has 1 rings (SSSR count). The molecule has 5 nitrogen and oxygen atoms in total. The predicted molar refractivity (Wildman–Crippen MR) is 90.1 cm³/mol. The fourth-order valence-corrected chi connectivity index (χ4v) is 1.74. The highest BCUT2D eigenvalue weighted by atomic mass is 16.5. The van der Waals surface area contributed by atoms with Crippen molar-refractivity contribution in [1.29, 1.82) is 0 Å². The first-order chi connectivity index (χ1) is 10.7. The van der Waals surface area contributed by atoms with Gasteiger partial charge in [-0.2, -0.15) is 0 Å². The maximum atomic E-state index is 11.8. The Morgan fingerprint density at radius 2 is 1.83 bits per heavy atom. The van der Waals surface area contributed by atoms with Gasteiger partial charge in [-0.05, 0) is 58.4 Å². The summed E-state index contributed by atoms with van der Waals surface area (Å²) >= 11 is 0. The topological polar surface area (TPSA) is 64.6 Å². The molecule has 0 saturated heterocycles. The molecule has 0 aliphatic heterocycles. The second-order valence-electron chi connectivity index (χ2n) is 6.15. The Bertz CT molecular complexity index is 555. The van der Waals surface area contributed by atoms with Crippen LogP contribution in [0.3, 0.4) is 0 Å². The molecular weight excluding hydrogens is 294 g/mol. The van der Waals surface area contributed by atoms with Crippen LogP contribution in [0, 0.1) is 0 Å². The van der Waals surface area contributed by atoms with E-state index in [-0.39, 0.29) is 11.4 Å². The highest BCUT2D eigenvalue weighted by Crippen LogP contribution is 2.13.